The second-order valence-electron chi connectivity index (χ2n) is 12.5. The summed E-state index contributed by atoms with van der Waals surface area (Å²) >= 11 is 0. The lowest BCUT2D eigenvalue weighted by molar-refractivity contribution is -0.384. The molecule has 7 nitrogen and oxygen atoms in total. The minimum absolute atomic E-state index is 0. The summed E-state index contributed by atoms with van der Waals surface area (Å²) in [6.45, 7) is -0.409. The first kappa shape index (κ1) is 39.8. The first-order chi connectivity index (χ1) is 23.4. The summed E-state index contributed by atoms with van der Waals surface area (Å²) in [6, 6.07) is 38.0. The van der Waals surface area contributed by atoms with E-state index in [1.165, 1.54) is 77.2 Å². The van der Waals surface area contributed by atoms with Crippen LogP contribution in [0.25, 0.3) is 0 Å². The maximum Gasteiger partial charge on any atom is 0.269 e. The van der Waals surface area contributed by atoms with Gasteiger partial charge in [0.15, 0.2) is 0 Å². The van der Waals surface area contributed by atoms with E-state index in [0.29, 0.717) is 12.0 Å². The number of rotatable bonds is 20. The van der Waals surface area contributed by atoms with Crippen LogP contribution in [0.5, 0.6) is 0 Å². The molecule has 2 atom stereocenters. The molecule has 0 saturated heterocycles. The average molecular weight is 705 g/mol. The van der Waals surface area contributed by atoms with E-state index in [2.05, 4.69) is 91.0 Å². The molecule has 0 heterocycles. The van der Waals surface area contributed by atoms with E-state index in [1.807, 2.05) is 0 Å². The van der Waals surface area contributed by atoms with E-state index in [4.69, 9.17) is 0 Å². The maximum absolute atomic E-state index is 12.8. The molecule has 0 spiro atoms. The van der Waals surface area contributed by atoms with Crippen molar-refractivity contribution in [1.82, 2.24) is 4.90 Å². The summed E-state index contributed by atoms with van der Waals surface area (Å²) in [5, 5.41) is 35.9. The molecule has 0 saturated carbocycles. The van der Waals surface area contributed by atoms with Crippen molar-refractivity contribution in [3.05, 3.63) is 131 Å². The number of hydrogen-bond acceptors (Lipinski definition) is 5. The number of amides is 1. The molecule has 0 radical (unpaired) electrons. The molecule has 0 aromatic heterocycles. The molecule has 9 heteroatoms. The van der Waals surface area contributed by atoms with Crippen LogP contribution in [0.4, 0.5) is 5.69 Å². The van der Waals surface area contributed by atoms with Gasteiger partial charge in [0.1, 0.15) is 29.3 Å². The molecule has 0 bridgehead atoms. The number of non-ortho nitro benzene ring substituents is 1. The van der Waals surface area contributed by atoms with Gasteiger partial charge in [0, 0.05) is 25.6 Å². The maximum atomic E-state index is 12.8. The summed E-state index contributed by atoms with van der Waals surface area (Å²) in [6.07, 6.45) is 10.4. The lowest BCUT2D eigenvalue weighted by atomic mass is 10.0. The zero-order valence-corrected chi connectivity index (χ0v) is 30.1. The van der Waals surface area contributed by atoms with Gasteiger partial charge in [-0.3, -0.25) is 14.9 Å². The lowest BCUT2D eigenvalue weighted by Crippen LogP contribution is -3.00. The van der Waals surface area contributed by atoms with Gasteiger partial charge >= 0.3 is 0 Å². The van der Waals surface area contributed by atoms with Crippen molar-refractivity contribution < 1.29 is 32.3 Å². The molecular formula is C40H50ClN2O5P. The molecule has 0 aliphatic carbocycles. The number of nitrogens with zero attached hydrogens (tertiary/aromatic N) is 2. The highest BCUT2D eigenvalue weighted by atomic mass is 35.5. The van der Waals surface area contributed by atoms with Crippen molar-refractivity contribution in [2.75, 3.05) is 19.8 Å². The van der Waals surface area contributed by atoms with Gasteiger partial charge in [0.05, 0.1) is 23.7 Å². The first-order valence-corrected chi connectivity index (χ1v) is 19.2. The quantitative estimate of drug-likeness (QED) is 0.0617. The number of hydrogen-bond donors (Lipinski definition) is 2. The van der Waals surface area contributed by atoms with Crippen LogP contribution < -0.4 is 28.3 Å². The molecule has 49 heavy (non-hydrogen) atoms. The summed E-state index contributed by atoms with van der Waals surface area (Å²) in [5.74, 6) is -0.129. The van der Waals surface area contributed by atoms with Gasteiger partial charge in [-0.1, -0.05) is 93.1 Å². The smallest absolute Gasteiger partial charge is 0.269 e. The van der Waals surface area contributed by atoms with E-state index in [-0.39, 0.29) is 24.0 Å². The van der Waals surface area contributed by atoms with E-state index < -0.39 is 30.9 Å². The molecule has 4 rings (SSSR count). The van der Waals surface area contributed by atoms with Gasteiger partial charge in [0.25, 0.3) is 5.69 Å². The van der Waals surface area contributed by atoms with Crippen LogP contribution in [0.1, 0.15) is 75.9 Å². The van der Waals surface area contributed by atoms with Gasteiger partial charge in [-0.15, -0.1) is 0 Å². The minimum atomic E-state index is -1.76. The van der Waals surface area contributed by atoms with E-state index in [9.17, 15) is 25.1 Å². The fourth-order valence-corrected chi connectivity index (χ4v) is 11.0. The number of likely N-dealkylation sites (N-methyl/N-ethyl adjacent to an activating group) is 1. The third kappa shape index (κ3) is 10.9. The summed E-state index contributed by atoms with van der Waals surface area (Å²) < 4.78 is 0. The van der Waals surface area contributed by atoms with E-state index >= 15 is 0 Å². The Balaban J connectivity index is 0.00000650. The van der Waals surface area contributed by atoms with Gasteiger partial charge in [-0.05, 0) is 73.4 Å². The Morgan fingerprint density at radius 1 is 0.694 bits per heavy atom. The average Bonchev–Trinajstić information content (AvgIpc) is 3.13. The van der Waals surface area contributed by atoms with Gasteiger partial charge in [0.2, 0.25) is 5.91 Å². The number of nitro groups is 1. The highest BCUT2D eigenvalue weighted by molar-refractivity contribution is 7.95. The lowest BCUT2D eigenvalue weighted by Gasteiger charge is -2.31. The monoisotopic (exact) mass is 704 g/mol. The zero-order chi connectivity index (χ0) is 34.2. The SMILES string of the molecule is CN(C(=O)CCCCCCCCCCC[P+](c1ccccc1)(c1ccccc1)c1ccccc1)C(CO)C(O)c1ccc([N+](=O)[O-])cc1.[Cl-]. The number of aliphatic hydroxyl groups is 2. The predicted molar refractivity (Wildman–Crippen MR) is 198 cm³/mol. The van der Waals surface area contributed by atoms with Crippen LogP contribution in [-0.2, 0) is 4.79 Å². The third-order valence-electron chi connectivity index (χ3n) is 9.36. The molecule has 2 unspecified atom stereocenters. The predicted octanol–water partition coefficient (Wildman–Crippen LogP) is 4.35. The Morgan fingerprint density at radius 3 is 1.51 bits per heavy atom. The van der Waals surface area contributed by atoms with Gasteiger partial charge in [-0.25, -0.2) is 0 Å². The van der Waals surface area contributed by atoms with Crippen LogP contribution in [-0.4, -0.2) is 51.8 Å². The molecule has 4 aromatic carbocycles. The number of benzene rings is 4. The number of carbonyl (C=O) groups excluding carboxylic acids is 1. The Bertz CT molecular complexity index is 1430. The van der Waals surface area contributed by atoms with Gasteiger partial charge in [-0.2, -0.15) is 0 Å². The topological polar surface area (TPSA) is 104 Å². The van der Waals surface area contributed by atoms with Crippen LogP contribution >= 0.6 is 7.26 Å². The van der Waals surface area contributed by atoms with Crippen molar-refractivity contribution in [2.45, 2.75) is 76.4 Å². The second kappa shape index (κ2) is 20.8. The van der Waals surface area contributed by atoms with Crippen LogP contribution in [0.2, 0.25) is 0 Å². The number of carbonyl (C=O) groups is 1. The summed E-state index contributed by atoms with van der Waals surface area (Å²) in [5.41, 5.74) is 0.341. The molecule has 4 aromatic rings. The highest BCUT2D eigenvalue weighted by Gasteiger charge is 2.44. The van der Waals surface area contributed by atoms with Gasteiger partial charge < -0.3 is 27.5 Å². The Labute approximate surface area is 298 Å². The first-order valence-electron chi connectivity index (χ1n) is 17.2. The van der Waals surface area contributed by atoms with Crippen molar-refractivity contribution in [3.63, 3.8) is 0 Å². The fraction of sp³-hybridized carbons (Fsp3) is 0.375. The third-order valence-corrected chi connectivity index (χ3v) is 13.9. The fourth-order valence-electron chi connectivity index (χ4n) is 6.56. The molecule has 1 amide bonds. The number of aliphatic hydroxyl groups excluding tert-OH is 2. The molecule has 0 fully saturated rings. The standard InChI is InChI=1S/C40H50N2O5P.ClH/c1-41(38(32-43)40(45)33-27-29-34(30-28-33)42(46)47)39(44)26-18-7-5-3-2-4-6-8-19-31-48(35-20-12-9-13-21-35,36-22-14-10-15-23-36)37-24-16-11-17-25-37;/h9-17,20-25,27-30,38,40,43,45H,2-8,18-19,26,31-32H2,1H3;1H/q+1;/p-1. The minimum Gasteiger partial charge on any atom is -1.00 e. The Kier molecular flexibility index (Phi) is 16.9. The van der Waals surface area contributed by atoms with Crippen molar-refractivity contribution in [2.24, 2.45) is 0 Å². The van der Waals surface area contributed by atoms with Crippen molar-refractivity contribution in [3.8, 4) is 0 Å². The Hall–Kier alpha value is -3.61. The van der Waals surface area contributed by atoms with Crippen molar-refractivity contribution in [1.29, 1.82) is 0 Å². The highest BCUT2D eigenvalue weighted by Crippen LogP contribution is 2.56. The molecule has 0 aliphatic rings. The summed E-state index contributed by atoms with van der Waals surface area (Å²) in [7, 11) is -0.172. The Morgan fingerprint density at radius 2 is 1.10 bits per heavy atom. The number of halogens is 1. The number of nitro benzene ring substituents is 1. The van der Waals surface area contributed by atoms with Crippen LogP contribution in [0, 0.1) is 10.1 Å². The van der Waals surface area contributed by atoms with Crippen LogP contribution in [0.3, 0.4) is 0 Å². The molecule has 0 aliphatic heterocycles. The largest absolute Gasteiger partial charge is 1.00 e. The normalized spacial score (nSPS) is 12.5. The van der Waals surface area contributed by atoms with Crippen molar-refractivity contribution >= 4 is 34.8 Å². The van der Waals surface area contributed by atoms with Crippen LogP contribution in [0.15, 0.2) is 115 Å². The zero-order valence-electron chi connectivity index (χ0n) is 28.4. The molecule has 262 valence electrons. The van der Waals surface area contributed by atoms with E-state index in [0.717, 1.165) is 31.8 Å². The summed E-state index contributed by atoms with van der Waals surface area (Å²) in [4.78, 5) is 24.6. The second-order valence-corrected chi connectivity index (χ2v) is 16.1. The molecule has 2 N–H and O–H groups in total. The van der Waals surface area contributed by atoms with E-state index in [1.54, 1.807) is 7.05 Å². The number of unbranched alkanes of at least 4 members (excludes halogenated alkanes) is 8. The molecular weight excluding hydrogens is 655 g/mol.